The van der Waals surface area contributed by atoms with Crippen LogP contribution >= 0.6 is 0 Å². The minimum atomic E-state index is -0.0407. The lowest BCUT2D eigenvalue weighted by molar-refractivity contribution is 0.332. The molecule has 2 aliphatic carbocycles. The van der Waals surface area contributed by atoms with Crippen molar-refractivity contribution < 1.29 is 0 Å². The van der Waals surface area contributed by atoms with Gasteiger partial charge in [0.15, 0.2) is 0 Å². The maximum absolute atomic E-state index is 2.70. The summed E-state index contributed by atoms with van der Waals surface area (Å²) in [5, 5.41) is 2.49. The van der Waals surface area contributed by atoms with Crippen molar-refractivity contribution in [3.05, 3.63) is 220 Å². The van der Waals surface area contributed by atoms with E-state index in [-0.39, 0.29) is 39.2 Å². The number of rotatable bonds is 6. The number of aromatic nitrogens is 1. The highest BCUT2D eigenvalue weighted by atomic mass is 15.2. The van der Waals surface area contributed by atoms with E-state index < -0.39 is 0 Å². The van der Waals surface area contributed by atoms with Crippen LogP contribution in [0.3, 0.4) is 0 Å². The molecule has 0 saturated heterocycles. The van der Waals surface area contributed by atoms with Gasteiger partial charge in [-0.05, 0) is 230 Å². The summed E-state index contributed by atoms with van der Waals surface area (Å²) in [5.74, 6) is 0. The van der Waals surface area contributed by atoms with E-state index in [0.717, 1.165) is 35.6 Å². The lowest BCUT2D eigenvalue weighted by Crippen LogP contribution is -2.62. The summed E-state index contributed by atoms with van der Waals surface area (Å²) < 4.78 is 2.46. The van der Waals surface area contributed by atoms with E-state index >= 15 is 0 Å². The zero-order chi connectivity index (χ0) is 60.5. The normalized spacial score (nSPS) is 17.0. The second kappa shape index (κ2) is 19.1. The zero-order valence-corrected chi connectivity index (χ0v) is 54.4. The number of para-hydroxylation sites is 2. The highest BCUT2D eigenvalue weighted by Crippen LogP contribution is 2.54. The summed E-state index contributed by atoms with van der Waals surface area (Å²) in [5.41, 5.74) is 31.1. The molecule has 0 saturated carbocycles. The van der Waals surface area contributed by atoms with Gasteiger partial charge in [-0.2, -0.15) is 0 Å². The first kappa shape index (κ1) is 56.1. The zero-order valence-electron chi connectivity index (χ0n) is 54.4. The number of benzene rings is 9. The molecule has 0 fully saturated rings. The van der Waals surface area contributed by atoms with Gasteiger partial charge in [0.2, 0.25) is 0 Å². The van der Waals surface area contributed by atoms with Gasteiger partial charge in [0.25, 0.3) is 6.71 Å². The largest absolute Gasteiger partial charge is 0.311 e. The summed E-state index contributed by atoms with van der Waals surface area (Å²) in [6.07, 6.45) is 4.66. The third-order valence-corrected chi connectivity index (χ3v) is 21.0. The summed E-state index contributed by atoms with van der Waals surface area (Å²) in [6.45, 7) is 40.7. The fraction of sp³-hybridized carbons (Fsp3) is 0.333. The van der Waals surface area contributed by atoms with Crippen LogP contribution in [-0.4, -0.2) is 11.3 Å². The van der Waals surface area contributed by atoms with Gasteiger partial charge in [0.1, 0.15) is 0 Å². The first-order valence-corrected chi connectivity index (χ1v) is 32.0. The van der Waals surface area contributed by atoms with Gasteiger partial charge in [0.05, 0.1) is 16.7 Å². The van der Waals surface area contributed by atoms with Crippen LogP contribution in [-0.2, 0) is 32.5 Å². The van der Waals surface area contributed by atoms with Gasteiger partial charge in [0, 0.05) is 62.0 Å². The molecule has 86 heavy (non-hydrogen) atoms. The average Bonchev–Trinajstić information content (AvgIpc) is 0.836. The lowest BCUT2D eigenvalue weighted by Gasteiger charge is -2.48. The smallest absolute Gasteiger partial charge is 0.252 e. The minimum absolute atomic E-state index is 0.00444. The predicted octanol–water partition coefficient (Wildman–Crippen LogP) is 20.6. The number of aryl methyl sites for hydroxylation is 3. The molecule has 14 rings (SSSR count). The third-order valence-electron chi connectivity index (χ3n) is 21.0. The average molecular weight is 1130 g/mol. The molecule has 0 amide bonds. The monoisotopic (exact) mass is 1130 g/mol. The van der Waals surface area contributed by atoms with Gasteiger partial charge in [-0.15, -0.1) is 0 Å². The second-order valence-corrected chi connectivity index (χ2v) is 31.0. The standard InChI is InChI=1S/C81H87BN4/c1-50-41-72-74-73(42-50)86(57-32-35-62-63(45-57)79(12,13)38-37-78(62,10)11)71-49-65-64(80(14,15)39-40-81(65,16)17)48-67(71)82(74)66-36-33-59(47-70(66)85(72)56-29-27-53(28-30-56)76(4,5)6)83(75-51(2)43-54(44-52(75)3)77(7,8)9)58-31-34-61-60-25-21-22-26-68(60)84(69(61)46-58)55-23-19-18-20-24-55/h18-36,41-49H,37-40H2,1-17H3. The molecule has 0 unspecified atom stereocenters. The van der Waals surface area contributed by atoms with Crippen LogP contribution in [0.2, 0.25) is 0 Å². The molecule has 4 nitrogen and oxygen atoms in total. The molecule has 0 atom stereocenters. The maximum atomic E-state index is 2.70. The summed E-state index contributed by atoms with van der Waals surface area (Å²) >= 11 is 0. The van der Waals surface area contributed by atoms with Gasteiger partial charge in [-0.25, -0.2) is 0 Å². The van der Waals surface area contributed by atoms with Crippen molar-refractivity contribution in [1.29, 1.82) is 0 Å². The van der Waals surface area contributed by atoms with Crippen LogP contribution in [0.4, 0.5) is 51.2 Å². The van der Waals surface area contributed by atoms with E-state index in [1.54, 1.807) is 0 Å². The molecule has 0 spiro atoms. The summed E-state index contributed by atoms with van der Waals surface area (Å²) in [6, 6.07) is 66.8. The van der Waals surface area contributed by atoms with Crippen molar-refractivity contribution >= 4 is 96.1 Å². The number of nitrogens with zero attached hydrogens (tertiary/aromatic N) is 4. The van der Waals surface area contributed by atoms with E-state index in [4.69, 9.17) is 0 Å². The molecule has 3 heterocycles. The maximum Gasteiger partial charge on any atom is 0.252 e. The Morgan fingerprint density at radius 2 is 0.907 bits per heavy atom. The van der Waals surface area contributed by atoms with Crippen molar-refractivity contribution in [2.24, 2.45) is 0 Å². The molecule has 0 bridgehead atoms. The van der Waals surface area contributed by atoms with Crippen molar-refractivity contribution in [2.75, 3.05) is 14.7 Å². The second-order valence-electron chi connectivity index (χ2n) is 31.0. The van der Waals surface area contributed by atoms with E-state index in [9.17, 15) is 0 Å². The van der Waals surface area contributed by atoms with E-state index in [0.29, 0.717) is 0 Å². The molecule has 9 aromatic carbocycles. The highest BCUT2D eigenvalue weighted by molar-refractivity contribution is 7.00. The Hall–Kier alpha value is -7.76. The van der Waals surface area contributed by atoms with Crippen LogP contribution in [0, 0.1) is 20.8 Å². The molecule has 434 valence electrons. The topological polar surface area (TPSA) is 14.7 Å². The molecule has 5 heteroatoms. The Kier molecular flexibility index (Phi) is 12.5. The van der Waals surface area contributed by atoms with Crippen LogP contribution in [0.5, 0.6) is 0 Å². The van der Waals surface area contributed by atoms with Gasteiger partial charge >= 0.3 is 0 Å². The highest BCUT2D eigenvalue weighted by Gasteiger charge is 2.48. The summed E-state index contributed by atoms with van der Waals surface area (Å²) in [4.78, 5) is 7.92. The van der Waals surface area contributed by atoms with Crippen molar-refractivity contribution in [1.82, 2.24) is 4.57 Å². The quantitative estimate of drug-likeness (QED) is 0.154. The number of hydrogen-bond donors (Lipinski definition) is 0. The Morgan fingerprint density at radius 1 is 0.395 bits per heavy atom. The molecule has 2 aliphatic heterocycles. The van der Waals surface area contributed by atoms with Gasteiger partial charge in [-0.3, -0.25) is 0 Å². The number of fused-ring (bicyclic) bond motifs is 9. The van der Waals surface area contributed by atoms with Crippen LogP contribution in [0.15, 0.2) is 170 Å². The predicted molar refractivity (Wildman–Crippen MR) is 372 cm³/mol. The molecule has 4 aliphatic rings. The lowest BCUT2D eigenvalue weighted by atomic mass is 9.33. The van der Waals surface area contributed by atoms with Crippen molar-refractivity contribution in [2.45, 2.75) is 176 Å². The fourth-order valence-electron chi connectivity index (χ4n) is 15.8. The van der Waals surface area contributed by atoms with E-state index in [1.165, 1.54) is 135 Å². The van der Waals surface area contributed by atoms with E-state index in [2.05, 4.69) is 307 Å². The minimum Gasteiger partial charge on any atom is -0.311 e. The molecule has 1 aromatic heterocycles. The number of anilines is 9. The SMILES string of the molecule is Cc1cc2c3c(c1)N(c1ccc4c(c1)C(C)(C)CCC4(C)C)c1cc4c(cc1B3c1ccc(N(c3ccc5c6ccccc6n(-c6ccccc6)c5c3)c3c(C)cc(C(C)(C)C)cc3C)cc1N2c1ccc(C(C)(C)C)cc1)C(C)(C)CCC4(C)C. The Bertz CT molecular complexity index is 4400. The Balaban J connectivity index is 1.07. The van der Waals surface area contributed by atoms with Crippen molar-refractivity contribution in [3.63, 3.8) is 0 Å². The third kappa shape index (κ3) is 8.74. The fourth-order valence-corrected chi connectivity index (χ4v) is 15.8. The van der Waals surface area contributed by atoms with Crippen LogP contribution < -0.4 is 31.1 Å². The molecular formula is C81H87BN4. The Morgan fingerprint density at radius 3 is 1.53 bits per heavy atom. The number of hydrogen-bond acceptors (Lipinski definition) is 3. The first-order chi connectivity index (χ1) is 40.6. The first-order valence-electron chi connectivity index (χ1n) is 32.0. The van der Waals surface area contributed by atoms with Crippen molar-refractivity contribution in [3.8, 4) is 5.69 Å². The van der Waals surface area contributed by atoms with Crippen LogP contribution in [0.25, 0.3) is 27.5 Å². The van der Waals surface area contributed by atoms with E-state index in [1.807, 2.05) is 0 Å². The molecule has 0 N–H and O–H groups in total. The molecule has 10 aromatic rings. The van der Waals surface area contributed by atoms with Crippen LogP contribution in [0.1, 0.15) is 173 Å². The molecule has 0 radical (unpaired) electrons. The Labute approximate surface area is 514 Å². The van der Waals surface area contributed by atoms with Gasteiger partial charge in [-0.1, -0.05) is 182 Å². The van der Waals surface area contributed by atoms with Gasteiger partial charge < -0.3 is 19.3 Å². The summed E-state index contributed by atoms with van der Waals surface area (Å²) in [7, 11) is 0. The molecular weight excluding hydrogens is 1040 g/mol.